The molecule has 0 unspecified atom stereocenters. The molecule has 2 heterocycles. The smallest absolute Gasteiger partial charge is 0.137 e. The summed E-state index contributed by atoms with van der Waals surface area (Å²) >= 11 is 8.40. The Balaban J connectivity index is 2.54. The molecule has 0 aliphatic rings. The fourth-order valence-corrected chi connectivity index (χ4v) is 1.82. The number of hydrogen-bond donors (Lipinski definition) is 1. The Labute approximate surface area is 107 Å². The third-order valence-corrected chi connectivity index (χ3v) is 3.32. The molecule has 0 radical (unpaired) electrons. The Hall–Kier alpha value is -1.20. The van der Waals surface area contributed by atoms with Gasteiger partial charge in [0.1, 0.15) is 10.8 Å². The van der Waals surface area contributed by atoms with Crippen molar-refractivity contribution in [3.63, 3.8) is 0 Å². The first kappa shape index (κ1) is 11.3. The molecule has 3 nitrogen and oxygen atoms in total. The second-order valence-electron chi connectivity index (χ2n) is 3.42. The van der Waals surface area contributed by atoms with Crippen LogP contribution in [0.15, 0.2) is 35.1 Å². The van der Waals surface area contributed by atoms with Gasteiger partial charge in [0.2, 0.25) is 0 Å². The number of rotatable bonds is 2. The number of nitrogens with two attached hydrogens (primary N) is 1. The maximum atomic E-state index is 5.64. The standard InChI is InChI=1S/C11H10BrN3S/c1-7-5-10(14-6-8(7)12)15-4-2-3-9(15)11(13)16/h2-6H,1H3,(H2,13,16). The maximum Gasteiger partial charge on any atom is 0.137 e. The van der Waals surface area contributed by atoms with Crippen LogP contribution in [0.5, 0.6) is 0 Å². The van der Waals surface area contributed by atoms with Crippen molar-refractivity contribution in [2.24, 2.45) is 5.73 Å². The third-order valence-electron chi connectivity index (χ3n) is 2.28. The third kappa shape index (κ3) is 2.01. The van der Waals surface area contributed by atoms with Crippen molar-refractivity contribution in [2.45, 2.75) is 6.92 Å². The second kappa shape index (κ2) is 4.35. The van der Waals surface area contributed by atoms with Crippen molar-refractivity contribution in [1.82, 2.24) is 9.55 Å². The molecule has 0 aromatic carbocycles. The van der Waals surface area contributed by atoms with Gasteiger partial charge < -0.3 is 5.73 Å². The lowest BCUT2D eigenvalue weighted by molar-refractivity contribution is 0.988. The van der Waals surface area contributed by atoms with Gasteiger partial charge in [-0.15, -0.1) is 0 Å². The Kier molecular flexibility index (Phi) is 3.07. The van der Waals surface area contributed by atoms with E-state index in [4.69, 9.17) is 18.0 Å². The Morgan fingerprint density at radius 3 is 2.94 bits per heavy atom. The fourth-order valence-electron chi connectivity index (χ4n) is 1.44. The van der Waals surface area contributed by atoms with E-state index in [2.05, 4.69) is 20.9 Å². The van der Waals surface area contributed by atoms with Crippen molar-refractivity contribution >= 4 is 33.1 Å². The summed E-state index contributed by atoms with van der Waals surface area (Å²) < 4.78 is 2.86. The van der Waals surface area contributed by atoms with Crippen molar-refractivity contribution in [3.8, 4) is 5.82 Å². The molecule has 2 aromatic heterocycles. The first-order chi connectivity index (χ1) is 7.59. The molecule has 82 valence electrons. The summed E-state index contributed by atoms with van der Waals surface area (Å²) in [7, 11) is 0. The summed E-state index contributed by atoms with van der Waals surface area (Å²) in [5.41, 5.74) is 7.55. The summed E-state index contributed by atoms with van der Waals surface area (Å²) in [6.07, 6.45) is 3.66. The van der Waals surface area contributed by atoms with E-state index in [-0.39, 0.29) is 0 Å². The number of halogens is 1. The maximum absolute atomic E-state index is 5.64. The topological polar surface area (TPSA) is 43.8 Å². The van der Waals surface area contributed by atoms with Gasteiger partial charge in [-0.05, 0) is 46.6 Å². The van der Waals surface area contributed by atoms with Crippen molar-refractivity contribution in [3.05, 3.63) is 46.3 Å². The molecule has 2 rings (SSSR count). The zero-order chi connectivity index (χ0) is 11.7. The Bertz CT molecular complexity index is 548. The van der Waals surface area contributed by atoms with Crippen LogP contribution in [0.25, 0.3) is 5.82 Å². The van der Waals surface area contributed by atoms with Crippen molar-refractivity contribution < 1.29 is 0 Å². The lowest BCUT2D eigenvalue weighted by Gasteiger charge is -2.08. The van der Waals surface area contributed by atoms with Crippen LogP contribution in [-0.4, -0.2) is 14.5 Å². The molecule has 5 heteroatoms. The Morgan fingerprint density at radius 1 is 1.56 bits per heavy atom. The summed E-state index contributed by atoms with van der Waals surface area (Å²) in [4.78, 5) is 4.69. The summed E-state index contributed by atoms with van der Waals surface area (Å²) in [6, 6.07) is 5.75. The molecule has 0 aliphatic heterocycles. The molecule has 16 heavy (non-hydrogen) atoms. The van der Waals surface area contributed by atoms with Crippen LogP contribution in [0.3, 0.4) is 0 Å². The van der Waals surface area contributed by atoms with Gasteiger partial charge in [-0.3, -0.25) is 4.57 Å². The van der Waals surface area contributed by atoms with Gasteiger partial charge in [0.15, 0.2) is 0 Å². The SMILES string of the molecule is Cc1cc(-n2cccc2C(N)=S)ncc1Br. The van der Waals surface area contributed by atoms with Gasteiger partial charge in [0.25, 0.3) is 0 Å². The Morgan fingerprint density at radius 2 is 2.31 bits per heavy atom. The number of pyridine rings is 1. The zero-order valence-corrected chi connectivity index (χ0v) is 11.0. The number of thiocarbonyl (C=S) groups is 1. The van der Waals surface area contributed by atoms with E-state index in [0.29, 0.717) is 4.99 Å². The van der Waals surface area contributed by atoms with Crippen molar-refractivity contribution in [2.75, 3.05) is 0 Å². The molecule has 0 saturated heterocycles. The van der Waals surface area contributed by atoms with Crippen LogP contribution in [0.2, 0.25) is 0 Å². The van der Waals surface area contributed by atoms with Gasteiger partial charge in [-0.25, -0.2) is 4.98 Å². The van der Waals surface area contributed by atoms with Gasteiger partial charge in [-0.1, -0.05) is 12.2 Å². The monoisotopic (exact) mass is 295 g/mol. The molecule has 0 saturated carbocycles. The normalized spacial score (nSPS) is 10.4. The van der Waals surface area contributed by atoms with Gasteiger partial charge in [-0.2, -0.15) is 0 Å². The van der Waals surface area contributed by atoms with E-state index >= 15 is 0 Å². The molecule has 2 aromatic rings. The minimum atomic E-state index is 0.368. The first-order valence-electron chi connectivity index (χ1n) is 4.69. The van der Waals surface area contributed by atoms with E-state index in [1.54, 1.807) is 6.20 Å². The molecule has 2 N–H and O–H groups in total. The highest BCUT2D eigenvalue weighted by atomic mass is 79.9. The number of hydrogen-bond acceptors (Lipinski definition) is 2. The van der Waals surface area contributed by atoms with Crippen LogP contribution in [0.4, 0.5) is 0 Å². The highest BCUT2D eigenvalue weighted by molar-refractivity contribution is 9.10. The van der Waals surface area contributed by atoms with Crippen LogP contribution in [0.1, 0.15) is 11.3 Å². The molecule has 0 aliphatic carbocycles. The highest BCUT2D eigenvalue weighted by Crippen LogP contribution is 2.18. The quantitative estimate of drug-likeness (QED) is 0.866. The van der Waals surface area contributed by atoms with Crippen LogP contribution < -0.4 is 5.73 Å². The van der Waals surface area contributed by atoms with Crippen molar-refractivity contribution in [1.29, 1.82) is 0 Å². The lowest BCUT2D eigenvalue weighted by Crippen LogP contribution is -2.15. The number of nitrogens with zero attached hydrogens (tertiary/aromatic N) is 2. The largest absolute Gasteiger partial charge is 0.388 e. The number of aromatic nitrogens is 2. The summed E-state index contributed by atoms with van der Waals surface area (Å²) in [6.45, 7) is 2.01. The van der Waals surface area contributed by atoms with E-state index in [1.807, 2.05) is 35.9 Å². The molecular formula is C11H10BrN3S. The number of aryl methyl sites for hydroxylation is 1. The predicted octanol–water partition coefficient (Wildman–Crippen LogP) is 2.58. The lowest BCUT2D eigenvalue weighted by atomic mass is 10.3. The predicted molar refractivity (Wildman–Crippen MR) is 71.9 cm³/mol. The first-order valence-corrected chi connectivity index (χ1v) is 5.89. The molecule has 0 amide bonds. The molecule has 0 spiro atoms. The average molecular weight is 296 g/mol. The van der Waals surface area contributed by atoms with E-state index in [9.17, 15) is 0 Å². The fraction of sp³-hybridized carbons (Fsp3) is 0.0909. The van der Waals surface area contributed by atoms with Gasteiger partial charge >= 0.3 is 0 Å². The summed E-state index contributed by atoms with van der Waals surface area (Å²) in [5.74, 6) is 0.813. The molecule has 0 fully saturated rings. The minimum absolute atomic E-state index is 0.368. The van der Waals surface area contributed by atoms with Gasteiger partial charge in [0, 0.05) is 16.9 Å². The van der Waals surface area contributed by atoms with Crippen LogP contribution >= 0.6 is 28.1 Å². The van der Waals surface area contributed by atoms with E-state index in [0.717, 1.165) is 21.5 Å². The molecule has 0 atom stereocenters. The highest BCUT2D eigenvalue weighted by Gasteiger charge is 2.07. The molecule has 0 bridgehead atoms. The van der Waals surface area contributed by atoms with Crippen LogP contribution in [0, 0.1) is 6.92 Å². The van der Waals surface area contributed by atoms with Crippen LogP contribution in [-0.2, 0) is 0 Å². The second-order valence-corrected chi connectivity index (χ2v) is 4.71. The molecular weight excluding hydrogens is 286 g/mol. The van der Waals surface area contributed by atoms with E-state index in [1.165, 1.54) is 0 Å². The van der Waals surface area contributed by atoms with Gasteiger partial charge in [0.05, 0.1) is 5.69 Å². The zero-order valence-electron chi connectivity index (χ0n) is 8.64. The summed E-state index contributed by atoms with van der Waals surface area (Å²) in [5, 5.41) is 0. The minimum Gasteiger partial charge on any atom is -0.388 e. The average Bonchev–Trinajstić information content (AvgIpc) is 2.71. The van der Waals surface area contributed by atoms with E-state index < -0.39 is 0 Å².